The summed E-state index contributed by atoms with van der Waals surface area (Å²) in [7, 11) is 0. The number of para-hydroxylation sites is 1. The molecule has 5 rings (SSSR count). The quantitative estimate of drug-likeness (QED) is 0.478. The summed E-state index contributed by atoms with van der Waals surface area (Å²) in [6.07, 6.45) is 0.337. The van der Waals surface area contributed by atoms with Gasteiger partial charge in [-0.1, -0.05) is 29.4 Å². The number of thiophene rings is 1. The van der Waals surface area contributed by atoms with Crippen LogP contribution in [-0.4, -0.2) is 62.2 Å². The predicted molar refractivity (Wildman–Crippen MR) is 117 cm³/mol. The number of carbonyl (C=O) groups is 1. The third kappa shape index (κ3) is 3.83. The molecule has 0 unspecified atom stereocenters. The number of tetrazole rings is 1. The summed E-state index contributed by atoms with van der Waals surface area (Å²) in [5.41, 5.74) is 1.75. The lowest BCUT2D eigenvalue weighted by molar-refractivity contribution is -0.130. The molecule has 0 spiro atoms. The van der Waals surface area contributed by atoms with Crippen LogP contribution in [0.3, 0.4) is 0 Å². The van der Waals surface area contributed by atoms with E-state index in [0.717, 1.165) is 21.3 Å². The lowest BCUT2D eigenvalue weighted by Gasteiger charge is -2.34. The van der Waals surface area contributed by atoms with Gasteiger partial charge in [0.25, 0.3) is 0 Å². The number of piperazine rings is 1. The van der Waals surface area contributed by atoms with Crippen molar-refractivity contribution in [3.8, 4) is 15.6 Å². The number of hydrogen-bond donors (Lipinski definition) is 0. The third-order valence-corrected chi connectivity index (χ3v) is 6.92. The molecule has 152 valence electrons. The number of thiazole rings is 1. The largest absolute Gasteiger partial charge is 0.339 e. The number of nitrogens with zero attached hydrogens (tertiary/aromatic N) is 7. The number of anilines is 1. The van der Waals surface area contributed by atoms with Crippen molar-refractivity contribution in [3.63, 3.8) is 0 Å². The van der Waals surface area contributed by atoms with E-state index in [1.54, 1.807) is 27.4 Å². The van der Waals surface area contributed by atoms with E-state index in [-0.39, 0.29) is 5.91 Å². The molecule has 1 saturated heterocycles. The predicted octanol–water partition coefficient (Wildman–Crippen LogP) is 2.74. The first-order valence-corrected chi connectivity index (χ1v) is 11.4. The fourth-order valence-electron chi connectivity index (χ4n) is 3.44. The van der Waals surface area contributed by atoms with Crippen molar-refractivity contribution in [2.45, 2.75) is 6.42 Å². The molecule has 3 aromatic heterocycles. The summed E-state index contributed by atoms with van der Waals surface area (Å²) in [5.74, 6) is 0.814. The van der Waals surface area contributed by atoms with Gasteiger partial charge in [0.15, 0.2) is 0 Å². The van der Waals surface area contributed by atoms with E-state index in [0.29, 0.717) is 38.5 Å². The van der Waals surface area contributed by atoms with Crippen LogP contribution in [0.15, 0.2) is 53.2 Å². The van der Waals surface area contributed by atoms with Crippen molar-refractivity contribution in [1.82, 2.24) is 30.1 Å². The van der Waals surface area contributed by atoms with Crippen LogP contribution in [0.2, 0.25) is 0 Å². The molecule has 0 N–H and O–H groups in total. The molecule has 1 aromatic carbocycles. The Bertz CT molecular complexity index is 1120. The Hall–Kier alpha value is -3.11. The molecule has 8 nitrogen and oxygen atoms in total. The van der Waals surface area contributed by atoms with E-state index in [4.69, 9.17) is 0 Å². The summed E-state index contributed by atoms with van der Waals surface area (Å²) in [6.45, 7) is 2.66. The molecule has 0 aliphatic carbocycles. The lowest BCUT2D eigenvalue weighted by Crippen LogP contribution is -2.50. The minimum Gasteiger partial charge on any atom is -0.339 e. The number of carbonyl (C=O) groups excluding carboxylic acids is 1. The molecule has 4 heterocycles. The molecule has 0 saturated carbocycles. The van der Waals surface area contributed by atoms with Gasteiger partial charge in [0.1, 0.15) is 5.01 Å². The van der Waals surface area contributed by atoms with Crippen molar-refractivity contribution < 1.29 is 4.79 Å². The summed E-state index contributed by atoms with van der Waals surface area (Å²) in [5, 5.41) is 17.2. The fourth-order valence-corrected chi connectivity index (χ4v) is 5.07. The minimum atomic E-state index is 0.111. The molecule has 0 radical (unpaired) electrons. The van der Waals surface area contributed by atoms with E-state index in [1.165, 1.54) is 0 Å². The number of amides is 1. The van der Waals surface area contributed by atoms with E-state index in [9.17, 15) is 4.79 Å². The molecule has 4 aromatic rings. The van der Waals surface area contributed by atoms with Crippen molar-refractivity contribution >= 4 is 34.5 Å². The molecule has 0 bridgehead atoms. The maximum absolute atomic E-state index is 12.8. The monoisotopic (exact) mass is 437 g/mol. The van der Waals surface area contributed by atoms with Gasteiger partial charge in [-0.15, -0.1) is 22.7 Å². The molecule has 0 atom stereocenters. The zero-order chi connectivity index (χ0) is 20.3. The van der Waals surface area contributed by atoms with Crippen LogP contribution in [0.5, 0.6) is 0 Å². The Balaban J connectivity index is 1.21. The lowest BCUT2D eigenvalue weighted by atomic mass is 10.2. The second-order valence-electron chi connectivity index (χ2n) is 6.89. The Morgan fingerprint density at radius 2 is 1.83 bits per heavy atom. The summed E-state index contributed by atoms with van der Waals surface area (Å²) in [4.78, 5) is 22.6. The van der Waals surface area contributed by atoms with Crippen molar-refractivity contribution in [3.05, 3.63) is 58.9 Å². The van der Waals surface area contributed by atoms with Crippen LogP contribution in [0.4, 0.5) is 5.95 Å². The van der Waals surface area contributed by atoms with Gasteiger partial charge >= 0.3 is 0 Å². The first-order valence-electron chi connectivity index (χ1n) is 9.63. The highest BCUT2D eigenvalue weighted by atomic mass is 32.1. The van der Waals surface area contributed by atoms with Crippen molar-refractivity contribution in [1.29, 1.82) is 0 Å². The van der Waals surface area contributed by atoms with Crippen LogP contribution >= 0.6 is 22.7 Å². The first-order chi connectivity index (χ1) is 14.8. The molecule has 1 aliphatic rings. The normalized spacial score (nSPS) is 14.3. The second kappa shape index (κ2) is 8.33. The van der Waals surface area contributed by atoms with Crippen molar-refractivity contribution in [2.24, 2.45) is 0 Å². The van der Waals surface area contributed by atoms with E-state index in [2.05, 4.69) is 31.5 Å². The number of benzene rings is 1. The average molecular weight is 438 g/mol. The summed E-state index contributed by atoms with van der Waals surface area (Å²) >= 11 is 3.25. The molecule has 1 aliphatic heterocycles. The number of hydrogen-bond acceptors (Lipinski definition) is 8. The smallest absolute Gasteiger partial charge is 0.250 e. The van der Waals surface area contributed by atoms with Gasteiger partial charge in [-0.2, -0.15) is 4.68 Å². The van der Waals surface area contributed by atoms with Gasteiger partial charge in [0.05, 0.1) is 22.7 Å². The zero-order valence-corrected chi connectivity index (χ0v) is 17.7. The maximum atomic E-state index is 12.8. The van der Waals surface area contributed by atoms with Crippen LogP contribution in [0.1, 0.15) is 5.69 Å². The van der Waals surface area contributed by atoms with Gasteiger partial charge < -0.3 is 9.80 Å². The Labute approximate surface area is 181 Å². The van der Waals surface area contributed by atoms with E-state index in [1.807, 2.05) is 52.1 Å². The van der Waals surface area contributed by atoms with Crippen LogP contribution in [0.25, 0.3) is 15.6 Å². The topological polar surface area (TPSA) is 80.0 Å². The van der Waals surface area contributed by atoms with Crippen LogP contribution in [0, 0.1) is 0 Å². The third-order valence-electron chi connectivity index (χ3n) is 4.99. The Morgan fingerprint density at radius 1 is 1.00 bits per heavy atom. The van der Waals surface area contributed by atoms with Gasteiger partial charge in [-0.25, -0.2) is 4.98 Å². The fraction of sp³-hybridized carbons (Fsp3) is 0.250. The summed E-state index contributed by atoms with van der Waals surface area (Å²) in [6, 6.07) is 13.9. The molecule has 1 fully saturated rings. The van der Waals surface area contributed by atoms with E-state index < -0.39 is 0 Å². The maximum Gasteiger partial charge on any atom is 0.250 e. The first kappa shape index (κ1) is 18.9. The number of aromatic nitrogens is 5. The Morgan fingerprint density at radius 3 is 2.60 bits per heavy atom. The van der Waals surface area contributed by atoms with E-state index >= 15 is 0 Å². The zero-order valence-electron chi connectivity index (χ0n) is 16.1. The highest BCUT2D eigenvalue weighted by molar-refractivity contribution is 7.20. The highest BCUT2D eigenvalue weighted by Crippen LogP contribution is 2.28. The molecule has 10 heteroatoms. The van der Waals surface area contributed by atoms with Crippen LogP contribution in [-0.2, 0) is 11.2 Å². The standard InChI is InChI=1S/C20H19N7OS2/c28-18(13-15-14-30-19(21-15)17-7-4-12-29-17)25-8-10-26(11-9-25)20-22-23-24-27(20)16-5-2-1-3-6-16/h1-7,12,14H,8-11,13H2. The second-order valence-corrected chi connectivity index (χ2v) is 8.70. The SMILES string of the molecule is O=C(Cc1csc(-c2cccs2)n1)N1CCN(c2nnnn2-c2ccccc2)CC1. The number of rotatable bonds is 5. The Kier molecular flexibility index (Phi) is 5.24. The van der Waals surface area contributed by atoms with Gasteiger partial charge in [-0.3, -0.25) is 4.79 Å². The summed E-state index contributed by atoms with van der Waals surface area (Å²) < 4.78 is 1.73. The molecular weight excluding hydrogens is 418 g/mol. The molecule has 30 heavy (non-hydrogen) atoms. The highest BCUT2D eigenvalue weighted by Gasteiger charge is 2.25. The van der Waals surface area contributed by atoms with Gasteiger partial charge in [0.2, 0.25) is 11.9 Å². The molecule has 1 amide bonds. The van der Waals surface area contributed by atoms with Crippen molar-refractivity contribution in [2.75, 3.05) is 31.1 Å². The van der Waals surface area contributed by atoms with Crippen LogP contribution < -0.4 is 4.90 Å². The average Bonchev–Trinajstić information content (AvgIpc) is 3.55. The van der Waals surface area contributed by atoms with Gasteiger partial charge in [0, 0.05) is 31.6 Å². The minimum absolute atomic E-state index is 0.111. The molecular formula is C20H19N7OS2. The van der Waals surface area contributed by atoms with Gasteiger partial charge in [-0.05, 0) is 34.0 Å².